The summed E-state index contributed by atoms with van der Waals surface area (Å²) >= 11 is 0. The molecular weight excluding hydrogens is 397 g/mol. The Kier molecular flexibility index (Phi) is 8.81. The van der Waals surface area contributed by atoms with Crippen LogP contribution in [0.2, 0.25) is 0 Å². The van der Waals surface area contributed by atoms with Gasteiger partial charge in [0.15, 0.2) is 5.96 Å². The Morgan fingerprint density at radius 3 is 2.42 bits per heavy atom. The second-order valence-corrected chi connectivity index (χ2v) is 7.36. The van der Waals surface area contributed by atoms with Crippen molar-refractivity contribution in [1.82, 2.24) is 15.5 Å². The van der Waals surface area contributed by atoms with Gasteiger partial charge in [0.05, 0.1) is 13.2 Å². The standard InChI is InChI=1S/C23H30FN5O2/c1-25-23(26-16-18-4-2-6-20(24)14-18)27-17-19-5-3-7-21(15-19)28-22(30)8-9-29-10-12-31-13-11-29/h2-7,14-15H,8-13,16-17H2,1H3,(H,28,30)(H2,25,26,27). The molecule has 0 unspecified atom stereocenters. The fraction of sp³-hybridized carbons (Fsp3) is 0.391. The van der Waals surface area contributed by atoms with Crippen LogP contribution in [0.5, 0.6) is 0 Å². The third-order valence-corrected chi connectivity index (χ3v) is 5.00. The first-order valence-electron chi connectivity index (χ1n) is 10.5. The zero-order chi connectivity index (χ0) is 21.9. The maximum absolute atomic E-state index is 13.3. The van der Waals surface area contributed by atoms with Crippen LogP contribution in [-0.2, 0) is 22.6 Å². The summed E-state index contributed by atoms with van der Waals surface area (Å²) in [6.45, 7) is 4.97. The number of rotatable bonds is 8. The highest BCUT2D eigenvalue weighted by Gasteiger charge is 2.12. The molecule has 0 atom stereocenters. The molecule has 0 saturated carbocycles. The molecular formula is C23H30FN5O2. The maximum atomic E-state index is 13.3. The number of nitrogens with zero attached hydrogens (tertiary/aromatic N) is 2. The number of hydrogen-bond donors (Lipinski definition) is 3. The number of benzene rings is 2. The molecule has 0 bridgehead atoms. The summed E-state index contributed by atoms with van der Waals surface area (Å²) in [6, 6.07) is 14.2. The first-order chi connectivity index (χ1) is 15.1. The van der Waals surface area contributed by atoms with Crippen LogP contribution in [0, 0.1) is 5.82 Å². The first-order valence-corrected chi connectivity index (χ1v) is 10.5. The van der Waals surface area contributed by atoms with Crippen LogP contribution in [-0.4, -0.2) is 56.7 Å². The molecule has 166 valence electrons. The maximum Gasteiger partial charge on any atom is 0.225 e. The van der Waals surface area contributed by atoms with Crippen LogP contribution in [0.1, 0.15) is 17.5 Å². The van der Waals surface area contributed by atoms with Crippen molar-refractivity contribution in [3.63, 3.8) is 0 Å². The van der Waals surface area contributed by atoms with E-state index in [2.05, 4.69) is 25.8 Å². The number of nitrogens with one attached hydrogen (secondary N) is 3. The molecule has 1 saturated heterocycles. The van der Waals surface area contributed by atoms with Crippen LogP contribution >= 0.6 is 0 Å². The fourth-order valence-electron chi connectivity index (χ4n) is 3.31. The summed E-state index contributed by atoms with van der Waals surface area (Å²) in [7, 11) is 1.69. The van der Waals surface area contributed by atoms with E-state index in [0.717, 1.165) is 49.7 Å². The van der Waals surface area contributed by atoms with Gasteiger partial charge in [0.2, 0.25) is 5.91 Å². The lowest BCUT2D eigenvalue weighted by Crippen LogP contribution is -2.38. The molecule has 1 fully saturated rings. The number of ether oxygens (including phenoxy) is 1. The lowest BCUT2D eigenvalue weighted by Gasteiger charge is -2.26. The molecule has 1 aliphatic heterocycles. The van der Waals surface area contributed by atoms with Gasteiger partial charge >= 0.3 is 0 Å². The lowest BCUT2D eigenvalue weighted by molar-refractivity contribution is -0.116. The quantitative estimate of drug-likeness (QED) is 0.445. The van der Waals surface area contributed by atoms with Gasteiger partial charge < -0.3 is 20.7 Å². The van der Waals surface area contributed by atoms with Crippen LogP contribution in [0.25, 0.3) is 0 Å². The molecule has 7 nitrogen and oxygen atoms in total. The van der Waals surface area contributed by atoms with Gasteiger partial charge in [0.1, 0.15) is 5.82 Å². The van der Waals surface area contributed by atoms with Crippen molar-refractivity contribution in [2.75, 3.05) is 45.2 Å². The summed E-state index contributed by atoms with van der Waals surface area (Å²) in [5.41, 5.74) is 2.62. The molecule has 1 amide bonds. The highest BCUT2D eigenvalue weighted by atomic mass is 19.1. The van der Waals surface area contributed by atoms with E-state index in [9.17, 15) is 9.18 Å². The number of morpholine rings is 1. The normalized spacial score (nSPS) is 14.8. The Balaban J connectivity index is 1.43. The van der Waals surface area contributed by atoms with E-state index >= 15 is 0 Å². The molecule has 31 heavy (non-hydrogen) atoms. The molecule has 0 radical (unpaired) electrons. The monoisotopic (exact) mass is 427 g/mol. The number of carbonyl (C=O) groups excluding carboxylic acids is 1. The molecule has 1 aliphatic rings. The minimum absolute atomic E-state index is 0.00386. The summed E-state index contributed by atoms with van der Waals surface area (Å²) < 4.78 is 18.6. The van der Waals surface area contributed by atoms with E-state index in [1.165, 1.54) is 12.1 Å². The Morgan fingerprint density at radius 2 is 1.74 bits per heavy atom. The fourth-order valence-corrected chi connectivity index (χ4v) is 3.31. The van der Waals surface area contributed by atoms with Gasteiger partial charge in [0.25, 0.3) is 0 Å². The zero-order valence-corrected chi connectivity index (χ0v) is 17.9. The van der Waals surface area contributed by atoms with E-state index in [1.807, 2.05) is 30.3 Å². The lowest BCUT2D eigenvalue weighted by atomic mass is 10.2. The third-order valence-electron chi connectivity index (χ3n) is 5.00. The van der Waals surface area contributed by atoms with Gasteiger partial charge in [-0.3, -0.25) is 14.7 Å². The Morgan fingerprint density at radius 1 is 1.06 bits per heavy atom. The van der Waals surface area contributed by atoms with E-state index in [1.54, 1.807) is 13.1 Å². The molecule has 3 rings (SSSR count). The molecule has 2 aromatic carbocycles. The van der Waals surface area contributed by atoms with Gasteiger partial charge in [-0.15, -0.1) is 0 Å². The molecule has 1 heterocycles. The Labute approximate surface area is 182 Å². The highest BCUT2D eigenvalue weighted by molar-refractivity contribution is 5.90. The topological polar surface area (TPSA) is 78.0 Å². The van der Waals surface area contributed by atoms with Crippen LogP contribution in [0.3, 0.4) is 0 Å². The number of carbonyl (C=O) groups is 1. The largest absolute Gasteiger partial charge is 0.379 e. The number of anilines is 1. The SMILES string of the molecule is CN=C(NCc1cccc(F)c1)NCc1cccc(NC(=O)CCN2CCOCC2)c1. The van der Waals surface area contributed by atoms with E-state index < -0.39 is 0 Å². The third kappa shape index (κ3) is 7.99. The van der Waals surface area contributed by atoms with Gasteiger partial charge in [-0.05, 0) is 35.4 Å². The average Bonchev–Trinajstić information content (AvgIpc) is 2.79. The van der Waals surface area contributed by atoms with Gasteiger partial charge in [-0.25, -0.2) is 4.39 Å². The van der Waals surface area contributed by atoms with Crippen molar-refractivity contribution in [2.45, 2.75) is 19.5 Å². The number of halogens is 1. The number of guanidine groups is 1. The van der Waals surface area contributed by atoms with Crippen LogP contribution < -0.4 is 16.0 Å². The van der Waals surface area contributed by atoms with Crippen LogP contribution in [0.4, 0.5) is 10.1 Å². The summed E-state index contributed by atoms with van der Waals surface area (Å²) in [5.74, 6) is 0.361. The molecule has 0 spiro atoms. The molecule has 8 heteroatoms. The summed E-state index contributed by atoms with van der Waals surface area (Å²) in [5, 5.41) is 9.37. The number of amides is 1. The molecule has 0 aromatic heterocycles. The summed E-state index contributed by atoms with van der Waals surface area (Å²) in [4.78, 5) is 18.7. The minimum Gasteiger partial charge on any atom is -0.379 e. The van der Waals surface area contributed by atoms with Crippen molar-refractivity contribution in [2.24, 2.45) is 4.99 Å². The van der Waals surface area contributed by atoms with E-state index in [0.29, 0.717) is 25.5 Å². The van der Waals surface area contributed by atoms with Crippen molar-refractivity contribution < 1.29 is 13.9 Å². The van der Waals surface area contributed by atoms with Crippen molar-refractivity contribution in [3.8, 4) is 0 Å². The minimum atomic E-state index is -0.258. The molecule has 3 N–H and O–H groups in total. The molecule has 2 aromatic rings. The second kappa shape index (κ2) is 12.0. The first kappa shape index (κ1) is 22.7. The van der Waals surface area contributed by atoms with E-state index in [4.69, 9.17) is 4.74 Å². The predicted molar refractivity (Wildman–Crippen MR) is 120 cm³/mol. The van der Waals surface area contributed by atoms with Crippen molar-refractivity contribution >= 4 is 17.6 Å². The van der Waals surface area contributed by atoms with Gasteiger partial charge in [-0.2, -0.15) is 0 Å². The second-order valence-electron chi connectivity index (χ2n) is 7.36. The van der Waals surface area contributed by atoms with Crippen molar-refractivity contribution in [1.29, 1.82) is 0 Å². The van der Waals surface area contributed by atoms with Gasteiger partial charge in [-0.1, -0.05) is 24.3 Å². The Hall–Kier alpha value is -2.97. The summed E-state index contributed by atoms with van der Waals surface area (Å²) in [6.07, 6.45) is 0.457. The zero-order valence-electron chi connectivity index (χ0n) is 17.9. The van der Waals surface area contributed by atoms with E-state index in [-0.39, 0.29) is 11.7 Å². The van der Waals surface area contributed by atoms with Gasteiger partial charge in [0, 0.05) is 51.9 Å². The number of aliphatic imine (C=N–C) groups is 1. The smallest absolute Gasteiger partial charge is 0.225 e. The van der Waals surface area contributed by atoms with Crippen molar-refractivity contribution in [3.05, 3.63) is 65.5 Å². The average molecular weight is 428 g/mol. The molecule has 0 aliphatic carbocycles. The predicted octanol–water partition coefficient (Wildman–Crippen LogP) is 2.35. The Bertz CT molecular complexity index is 884. The number of hydrogen-bond acceptors (Lipinski definition) is 4. The van der Waals surface area contributed by atoms with Crippen LogP contribution in [0.15, 0.2) is 53.5 Å². The highest BCUT2D eigenvalue weighted by Crippen LogP contribution is 2.11.